The quantitative estimate of drug-likeness (QED) is 0.125. The molecule has 3 aromatic carbocycles. The van der Waals surface area contributed by atoms with Crippen molar-refractivity contribution in [2.24, 2.45) is 10.1 Å². The molecule has 1 heterocycles. The van der Waals surface area contributed by atoms with Crippen molar-refractivity contribution in [2.45, 2.75) is 44.4 Å². The lowest BCUT2D eigenvalue weighted by Gasteiger charge is -2.29. The number of aliphatic hydroxyl groups excluding tert-OH is 1. The molecule has 0 radical (unpaired) electrons. The molecule has 0 saturated carbocycles. The molecule has 9 nitrogen and oxygen atoms in total. The van der Waals surface area contributed by atoms with Crippen molar-refractivity contribution in [3.8, 4) is 5.75 Å². The van der Waals surface area contributed by atoms with Gasteiger partial charge in [0.1, 0.15) is 11.9 Å². The van der Waals surface area contributed by atoms with Crippen LogP contribution in [0.1, 0.15) is 35.6 Å². The van der Waals surface area contributed by atoms with E-state index in [-0.39, 0.29) is 25.5 Å². The van der Waals surface area contributed by atoms with Crippen LogP contribution in [0.4, 0.5) is 0 Å². The van der Waals surface area contributed by atoms with E-state index in [0.717, 1.165) is 22.3 Å². The van der Waals surface area contributed by atoms with Gasteiger partial charge in [-0.25, -0.2) is 4.99 Å². The van der Waals surface area contributed by atoms with Crippen molar-refractivity contribution in [1.29, 1.82) is 0 Å². The van der Waals surface area contributed by atoms with Crippen LogP contribution in [0, 0.1) is 0 Å². The van der Waals surface area contributed by atoms with Crippen LogP contribution in [0.25, 0.3) is 10.4 Å². The maximum Gasteiger partial charge on any atom is 0.252 e. The summed E-state index contributed by atoms with van der Waals surface area (Å²) >= 11 is 6.00. The molecule has 0 spiro atoms. The Morgan fingerprint density at radius 2 is 1.88 bits per heavy atom. The topological polar surface area (TPSA) is 129 Å². The fraction of sp³-hybridized carbons (Fsp3) is 0.333. The summed E-state index contributed by atoms with van der Waals surface area (Å²) < 4.78 is 11.8. The van der Waals surface area contributed by atoms with Crippen molar-refractivity contribution < 1.29 is 19.4 Å². The number of hydrogen-bond acceptors (Lipinski definition) is 6. The van der Waals surface area contributed by atoms with Gasteiger partial charge in [0.2, 0.25) is 5.90 Å². The molecular weight excluding hydrogens is 530 g/mol. The zero-order chi connectivity index (χ0) is 28.4. The lowest BCUT2D eigenvalue weighted by molar-refractivity contribution is -0.128. The second-order valence-corrected chi connectivity index (χ2v) is 9.95. The van der Waals surface area contributed by atoms with E-state index < -0.39 is 11.6 Å². The second kappa shape index (κ2) is 13.8. The molecule has 208 valence electrons. The summed E-state index contributed by atoms with van der Waals surface area (Å²) in [5.41, 5.74) is 11.1. The maximum atomic E-state index is 13.9. The first-order valence-corrected chi connectivity index (χ1v) is 13.5. The smallest absolute Gasteiger partial charge is 0.252 e. The average Bonchev–Trinajstić information content (AvgIpc) is 3.30. The monoisotopic (exact) mass is 561 g/mol. The number of hydrogen-bond donors (Lipinski definition) is 2. The highest BCUT2D eigenvalue weighted by Crippen LogP contribution is 2.34. The zero-order valence-corrected chi connectivity index (χ0v) is 23.1. The third-order valence-electron chi connectivity index (χ3n) is 6.82. The molecule has 1 aliphatic rings. The fourth-order valence-electron chi connectivity index (χ4n) is 4.55. The third kappa shape index (κ3) is 7.12. The van der Waals surface area contributed by atoms with Gasteiger partial charge in [-0.2, -0.15) is 0 Å². The van der Waals surface area contributed by atoms with E-state index in [1.54, 1.807) is 0 Å². The molecule has 4 rings (SSSR count). The summed E-state index contributed by atoms with van der Waals surface area (Å²) in [6.07, 6.45) is 0.886. The average molecular weight is 562 g/mol. The van der Waals surface area contributed by atoms with Crippen molar-refractivity contribution in [3.63, 3.8) is 0 Å². The third-order valence-corrected chi connectivity index (χ3v) is 7.07. The van der Waals surface area contributed by atoms with Gasteiger partial charge >= 0.3 is 0 Å². The molecular formula is C30H32ClN5O4. The van der Waals surface area contributed by atoms with E-state index in [1.807, 2.05) is 79.7 Å². The molecule has 0 aromatic heterocycles. The van der Waals surface area contributed by atoms with Gasteiger partial charge in [0.05, 0.1) is 13.2 Å². The van der Waals surface area contributed by atoms with Gasteiger partial charge in [0.25, 0.3) is 5.91 Å². The first kappa shape index (κ1) is 29.0. The Kier molecular flexibility index (Phi) is 10.0. The van der Waals surface area contributed by atoms with Gasteiger partial charge < -0.3 is 19.9 Å². The molecule has 0 aliphatic carbocycles. The minimum atomic E-state index is -1.24. The van der Waals surface area contributed by atoms with Crippen molar-refractivity contribution in [1.82, 2.24) is 5.32 Å². The molecule has 2 atom stereocenters. The van der Waals surface area contributed by atoms with Crippen LogP contribution in [-0.4, -0.2) is 48.3 Å². The van der Waals surface area contributed by atoms with Crippen LogP contribution in [0.2, 0.25) is 5.02 Å². The number of azide groups is 1. The molecule has 0 saturated heterocycles. The number of benzene rings is 3. The number of carbonyl (C=O) groups is 1. The standard InChI is InChI=1S/C30H32ClN5O4/c1-21-30(19-24-5-2-3-6-25(24)20-34-36-32,29(38)33-16-15-22-7-11-26(31)12-8-22)35-28(40-21)23-9-13-27(14-10-23)39-18-4-17-37/h2-3,5-14,21,37H,4,15-20H2,1H3,(H,33,38)/t21-,30-/m1/s1. The van der Waals surface area contributed by atoms with Gasteiger partial charge in [0, 0.05) is 41.5 Å². The zero-order valence-electron chi connectivity index (χ0n) is 22.3. The molecule has 10 heteroatoms. The SMILES string of the molecule is C[C@H]1OC(c2ccc(OCCCO)cc2)=N[C@@]1(Cc1ccccc1CN=[N+]=[N-])C(=O)NCCc1ccc(Cl)cc1. The van der Waals surface area contributed by atoms with Gasteiger partial charge in [0.15, 0.2) is 5.54 Å². The Labute approximate surface area is 238 Å². The predicted molar refractivity (Wildman–Crippen MR) is 155 cm³/mol. The van der Waals surface area contributed by atoms with Gasteiger partial charge in [-0.1, -0.05) is 53.1 Å². The van der Waals surface area contributed by atoms with Gasteiger partial charge in [-0.05, 0) is 72.0 Å². The summed E-state index contributed by atoms with van der Waals surface area (Å²) in [5, 5.41) is 16.4. The highest BCUT2D eigenvalue weighted by atomic mass is 35.5. The first-order valence-electron chi connectivity index (χ1n) is 13.2. The summed E-state index contributed by atoms with van der Waals surface area (Å²) in [6, 6.07) is 22.4. The molecule has 2 N–H and O–H groups in total. The van der Waals surface area contributed by atoms with Crippen LogP contribution in [-0.2, 0) is 28.9 Å². The number of carbonyl (C=O) groups excluding carboxylic acids is 1. The second-order valence-electron chi connectivity index (χ2n) is 9.52. The number of halogens is 1. The first-order chi connectivity index (χ1) is 19.4. The Morgan fingerprint density at radius 3 is 2.58 bits per heavy atom. The van der Waals surface area contributed by atoms with E-state index in [4.69, 9.17) is 36.7 Å². The number of aliphatic hydroxyl groups is 1. The van der Waals surface area contributed by atoms with Crippen molar-refractivity contribution in [3.05, 3.63) is 111 Å². The molecule has 0 fully saturated rings. The minimum Gasteiger partial charge on any atom is -0.494 e. The largest absolute Gasteiger partial charge is 0.494 e. The summed E-state index contributed by atoms with van der Waals surface area (Å²) in [5.74, 6) is 0.795. The molecule has 40 heavy (non-hydrogen) atoms. The van der Waals surface area contributed by atoms with Crippen LogP contribution in [0.5, 0.6) is 5.75 Å². The highest BCUT2D eigenvalue weighted by molar-refractivity contribution is 6.30. The number of nitrogens with one attached hydrogen (secondary N) is 1. The van der Waals surface area contributed by atoms with Crippen LogP contribution in [0.3, 0.4) is 0 Å². The Hall–Kier alpha value is -4.04. The number of aliphatic imine (C=N–C) groups is 1. The molecule has 0 unspecified atom stereocenters. The van der Waals surface area contributed by atoms with E-state index in [0.29, 0.717) is 42.7 Å². The molecule has 1 aliphatic heterocycles. The normalized spacial score (nSPS) is 17.9. The van der Waals surface area contributed by atoms with E-state index in [2.05, 4.69) is 15.3 Å². The van der Waals surface area contributed by atoms with Crippen LogP contribution >= 0.6 is 11.6 Å². The number of amides is 1. The van der Waals surface area contributed by atoms with Crippen LogP contribution in [0.15, 0.2) is 82.9 Å². The van der Waals surface area contributed by atoms with Gasteiger partial charge in [-0.15, -0.1) is 0 Å². The molecule has 1 amide bonds. The predicted octanol–water partition coefficient (Wildman–Crippen LogP) is 5.42. The molecule has 0 bridgehead atoms. The van der Waals surface area contributed by atoms with E-state index in [1.165, 1.54) is 0 Å². The number of nitrogens with zero attached hydrogens (tertiary/aromatic N) is 4. The summed E-state index contributed by atoms with van der Waals surface area (Å²) in [7, 11) is 0. The summed E-state index contributed by atoms with van der Waals surface area (Å²) in [6.45, 7) is 2.91. The minimum absolute atomic E-state index is 0.0659. The lowest BCUT2D eigenvalue weighted by Crippen LogP contribution is -2.53. The molecule has 3 aromatic rings. The Bertz CT molecular complexity index is 1370. The Balaban J connectivity index is 1.61. The van der Waals surface area contributed by atoms with E-state index >= 15 is 0 Å². The Morgan fingerprint density at radius 1 is 1.15 bits per heavy atom. The summed E-state index contributed by atoms with van der Waals surface area (Å²) in [4.78, 5) is 21.7. The fourth-order valence-corrected chi connectivity index (χ4v) is 4.68. The highest BCUT2D eigenvalue weighted by Gasteiger charge is 2.50. The van der Waals surface area contributed by atoms with Crippen LogP contribution < -0.4 is 10.1 Å². The maximum absolute atomic E-state index is 13.9. The number of rotatable bonds is 13. The van der Waals surface area contributed by atoms with E-state index in [9.17, 15) is 4.79 Å². The number of ether oxygens (including phenoxy) is 2. The lowest BCUT2D eigenvalue weighted by atomic mass is 9.84. The van der Waals surface area contributed by atoms with Crippen molar-refractivity contribution >= 4 is 23.4 Å². The van der Waals surface area contributed by atoms with Gasteiger partial charge in [-0.3, -0.25) is 4.79 Å². The van der Waals surface area contributed by atoms with Crippen molar-refractivity contribution in [2.75, 3.05) is 19.8 Å².